The molecule has 0 N–H and O–H groups in total. The molecule has 0 spiro atoms. The van der Waals surface area contributed by atoms with Crippen molar-refractivity contribution in [2.45, 2.75) is 52.6 Å². The van der Waals surface area contributed by atoms with Gasteiger partial charge in [-0.05, 0) is 44.4 Å². The fourth-order valence-corrected chi connectivity index (χ4v) is 4.31. The van der Waals surface area contributed by atoms with Gasteiger partial charge in [0.1, 0.15) is 12.4 Å². The van der Waals surface area contributed by atoms with E-state index in [1.54, 1.807) is 18.3 Å². The Morgan fingerprint density at radius 3 is 2.37 bits per heavy atom. The van der Waals surface area contributed by atoms with Crippen molar-refractivity contribution in [2.75, 3.05) is 13.1 Å². The van der Waals surface area contributed by atoms with E-state index >= 15 is 0 Å². The molecule has 4 rings (SSSR count). The van der Waals surface area contributed by atoms with Crippen molar-refractivity contribution in [3.63, 3.8) is 0 Å². The van der Waals surface area contributed by atoms with Crippen molar-refractivity contribution in [2.24, 2.45) is 0 Å². The molecule has 2 aromatic heterocycles. The third-order valence-corrected chi connectivity index (χ3v) is 6.10. The zero-order valence-electron chi connectivity index (χ0n) is 17.5. The number of halogens is 1. The standard InChI is InChI=1S/C23H27FN4O2/c1-16-20-13-25-28(15-21(29)26-11-5-3-4-6-12-26)23(30)22(20)17(2)27(16)14-18-7-9-19(24)10-8-18/h7-10,13H,3-6,11-12,14-15H2,1-2H3. The number of hydrogen-bond acceptors (Lipinski definition) is 3. The van der Waals surface area contributed by atoms with Gasteiger partial charge in [-0.2, -0.15) is 5.10 Å². The molecule has 0 bridgehead atoms. The van der Waals surface area contributed by atoms with Gasteiger partial charge in [-0.15, -0.1) is 0 Å². The van der Waals surface area contributed by atoms with Crippen LogP contribution in [0.5, 0.6) is 0 Å². The van der Waals surface area contributed by atoms with Crippen molar-refractivity contribution in [1.82, 2.24) is 19.2 Å². The van der Waals surface area contributed by atoms with Gasteiger partial charge >= 0.3 is 0 Å². The number of likely N-dealkylation sites (tertiary alicyclic amines) is 1. The van der Waals surface area contributed by atoms with Crippen molar-refractivity contribution in [1.29, 1.82) is 0 Å². The number of carbonyl (C=O) groups excluding carboxylic acids is 1. The molecule has 1 aliphatic rings. The zero-order valence-corrected chi connectivity index (χ0v) is 17.5. The minimum absolute atomic E-state index is 0.0313. The van der Waals surface area contributed by atoms with Crippen LogP contribution in [0.3, 0.4) is 0 Å². The summed E-state index contributed by atoms with van der Waals surface area (Å²) < 4.78 is 16.5. The molecule has 3 aromatic rings. The predicted molar refractivity (Wildman–Crippen MR) is 114 cm³/mol. The predicted octanol–water partition coefficient (Wildman–Crippen LogP) is 3.40. The number of amides is 1. The van der Waals surface area contributed by atoms with Crippen LogP contribution < -0.4 is 5.56 Å². The maximum atomic E-state index is 13.2. The minimum atomic E-state index is -0.272. The highest BCUT2D eigenvalue weighted by Crippen LogP contribution is 2.23. The first-order valence-corrected chi connectivity index (χ1v) is 10.5. The number of rotatable bonds is 4. The fraction of sp³-hybridized carbons (Fsp3) is 0.435. The summed E-state index contributed by atoms with van der Waals surface area (Å²) in [6.45, 7) is 5.87. The van der Waals surface area contributed by atoms with E-state index in [0.717, 1.165) is 61.1 Å². The van der Waals surface area contributed by atoms with Gasteiger partial charge in [-0.1, -0.05) is 25.0 Å². The zero-order chi connectivity index (χ0) is 21.3. The summed E-state index contributed by atoms with van der Waals surface area (Å²) in [5.74, 6) is -0.322. The maximum absolute atomic E-state index is 13.2. The normalized spacial score (nSPS) is 14.8. The fourth-order valence-electron chi connectivity index (χ4n) is 4.31. The third-order valence-electron chi connectivity index (χ3n) is 6.10. The Hall–Kier alpha value is -2.96. The lowest BCUT2D eigenvalue weighted by atomic mass is 10.2. The molecular formula is C23H27FN4O2. The number of fused-ring (bicyclic) bond motifs is 1. The van der Waals surface area contributed by atoms with Gasteiger partial charge in [0.25, 0.3) is 5.56 Å². The number of aryl methyl sites for hydroxylation is 2. The first-order chi connectivity index (χ1) is 14.5. The summed E-state index contributed by atoms with van der Waals surface area (Å²) in [6, 6.07) is 6.36. The summed E-state index contributed by atoms with van der Waals surface area (Å²) >= 11 is 0. The van der Waals surface area contributed by atoms with Crippen molar-refractivity contribution in [3.05, 3.63) is 63.6 Å². The van der Waals surface area contributed by atoms with Gasteiger partial charge in [-0.3, -0.25) is 9.59 Å². The largest absolute Gasteiger partial charge is 0.343 e. The maximum Gasteiger partial charge on any atom is 0.276 e. The summed E-state index contributed by atoms with van der Waals surface area (Å²) in [6.07, 6.45) is 5.99. The summed E-state index contributed by atoms with van der Waals surface area (Å²) in [7, 11) is 0. The highest BCUT2D eigenvalue weighted by Gasteiger charge is 2.20. The second-order valence-electron chi connectivity index (χ2n) is 8.07. The molecule has 0 unspecified atom stereocenters. The molecule has 0 atom stereocenters. The average Bonchev–Trinajstić information content (AvgIpc) is 2.92. The monoisotopic (exact) mass is 410 g/mol. The average molecular weight is 410 g/mol. The number of aromatic nitrogens is 3. The third kappa shape index (κ3) is 3.88. The molecule has 158 valence electrons. The highest BCUT2D eigenvalue weighted by molar-refractivity contribution is 5.87. The Labute approximate surface area is 174 Å². The molecule has 3 heterocycles. The van der Waals surface area contributed by atoms with E-state index in [9.17, 15) is 14.0 Å². The molecular weight excluding hydrogens is 383 g/mol. The van der Waals surface area contributed by atoms with Crippen LogP contribution in [0.25, 0.3) is 10.8 Å². The molecule has 6 nitrogen and oxygen atoms in total. The van der Waals surface area contributed by atoms with Crippen LogP contribution in [0.15, 0.2) is 35.3 Å². The molecule has 1 aromatic carbocycles. The van der Waals surface area contributed by atoms with Gasteiger partial charge < -0.3 is 9.47 Å². The van der Waals surface area contributed by atoms with Gasteiger partial charge in [0.15, 0.2) is 0 Å². The van der Waals surface area contributed by atoms with Gasteiger partial charge in [-0.25, -0.2) is 9.07 Å². The molecule has 1 fully saturated rings. The Morgan fingerprint density at radius 1 is 1.03 bits per heavy atom. The number of hydrogen-bond donors (Lipinski definition) is 0. The van der Waals surface area contributed by atoms with E-state index in [-0.39, 0.29) is 23.8 Å². The van der Waals surface area contributed by atoms with E-state index < -0.39 is 0 Å². The first-order valence-electron chi connectivity index (χ1n) is 10.5. The van der Waals surface area contributed by atoms with Crippen LogP contribution in [-0.4, -0.2) is 38.2 Å². The Bertz CT molecular complexity index is 1120. The summed E-state index contributed by atoms with van der Waals surface area (Å²) in [5.41, 5.74) is 2.47. The van der Waals surface area contributed by atoms with E-state index in [1.807, 2.05) is 23.3 Å². The molecule has 0 radical (unpaired) electrons. The van der Waals surface area contributed by atoms with Crippen molar-refractivity contribution in [3.8, 4) is 0 Å². The van der Waals surface area contributed by atoms with Crippen LogP contribution in [0, 0.1) is 19.7 Å². The Balaban J connectivity index is 1.65. The molecule has 30 heavy (non-hydrogen) atoms. The van der Waals surface area contributed by atoms with E-state index in [2.05, 4.69) is 5.10 Å². The smallest absolute Gasteiger partial charge is 0.276 e. The second kappa shape index (κ2) is 8.42. The minimum Gasteiger partial charge on any atom is -0.343 e. The van der Waals surface area contributed by atoms with Crippen LogP contribution in [0.2, 0.25) is 0 Å². The summed E-state index contributed by atoms with van der Waals surface area (Å²) in [4.78, 5) is 27.7. The van der Waals surface area contributed by atoms with Gasteiger partial charge in [0, 0.05) is 36.4 Å². The molecule has 1 saturated heterocycles. The van der Waals surface area contributed by atoms with Crippen LogP contribution in [-0.2, 0) is 17.9 Å². The van der Waals surface area contributed by atoms with E-state index in [4.69, 9.17) is 0 Å². The molecule has 1 aliphatic heterocycles. The SMILES string of the molecule is Cc1c2cnn(CC(=O)N3CCCCCC3)c(=O)c2c(C)n1Cc1ccc(F)cc1. The highest BCUT2D eigenvalue weighted by atomic mass is 19.1. The van der Waals surface area contributed by atoms with Crippen LogP contribution in [0.1, 0.15) is 42.6 Å². The lowest BCUT2D eigenvalue weighted by Crippen LogP contribution is -2.37. The molecule has 1 amide bonds. The van der Waals surface area contributed by atoms with Gasteiger partial charge in [0.05, 0.1) is 11.6 Å². The second-order valence-corrected chi connectivity index (χ2v) is 8.07. The quantitative estimate of drug-likeness (QED) is 0.662. The molecule has 0 saturated carbocycles. The van der Waals surface area contributed by atoms with E-state index in [0.29, 0.717) is 11.9 Å². The number of nitrogens with zero attached hydrogens (tertiary/aromatic N) is 4. The van der Waals surface area contributed by atoms with Gasteiger partial charge in [0.2, 0.25) is 5.91 Å². The Kier molecular flexibility index (Phi) is 5.70. The lowest BCUT2D eigenvalue weighted by molar-refractivity contribution is -0.132. The molecule has 0 aliphatic carbocycles. The molecule has 7 heteroatoms. The topological polar surface area (TPSA) is 60.1 Å². The summed E-state index contributed by atoms with van der Waals surface area (Å²) in [5, 5.41) is 5.67. The van der Waals surface area contributed by atoms with E-state index in [1.165, 1.54) is 16.8 Å². The number of carbonyl (C=O) groups is 1. The van der Waals surface area contributed by atoms with Crippen LogP contribution >= 0.6 is 0 Å². The first kappa shape index (κ1) is 20.3. The number of benzene rings is 1. The lowest BCUT2D eigenvalue weighted by Gasteiger charge is -2.20. The van der Waals surface area contributed by atoms with Crippen LogP contribution in [0.4, 0.5) is 4.39 Å². The Morgan fingerprint density at radius 2 is 1.70 bits per heavy atom. The van der Waals surface area contributed by atoms with Crippen molar-refractivity contribution >= 4 is 16.7 Å². The van der Waals surface area contributed by atoms with Crippen molar-refractivity contribution < 1.29 is 9.18 Å².